The van der Waals surface area contributed by atoms with E-state index in [-0.39, 0.29) is 11.6 Å². The number of hydrogen-bond acceptors (Lipinski definition) is 4. The molecule has 0 atom stereocenters. The molecule has 0 aromatic heterocycles. The summed E-state index contributed by atoms with van der Waals surface area (Å²) in [6.07, 6.45) is 3.41. The number of benzene rings is 1. The van der Waals surface area contributed by atoms with Crippen LogP contribution in [0.2, 0.25) is 0 Å². The van der Waals surface area contributed by atoms with Gasteiger partial charge in [0, 0.05) is 40.8 Å². The van der Waals surface area contributed by atoms with Crippen molar-refractivity contribution in [3.63, 3.8) is 0 Å². The van der Waals surface area contributed by atoms with Gasteiger partial charge in [-0.25, -0.2) is 0 Å². The molecule has 0 unspecified atom stereocenters. The molecule has 114 valence electrons. The lowest BCUT2D eigenvalue weighted by atomic mass is 10.2. The van der Waals surface area contributed by atoms with Crippen molar-refractivity contribution in [2.45, 2.75) is 38.6 Å². The highest BCUT2D eigenvalue weighted by atomic mass is 79.9. The van der Waals surface area contributed by atoms with Crippen molar-refractivity contribution in [2.75, 3.05) is 11.9 Å². The molecule has 1 aromatic rings. The van der Waals surface area contributed by atoms with Gasteiger partial charge < -0.3 is 10.6 Å². The fourth-order valence-corrected chi connectivity index (χ4v) is 2.47. The number of aryl methyl sites for hydroxylation is 1. The second kappa shape index (κ2) is 6.89. The monoisotopic (exact) mass is 355 g/mol. The number of nitrogens with one attached hydrogen (secondary N) is 2. The Morgan fingerprint density at radius 1 is 1.48 bits per heavy atom. The highest BCUT2D eigenvalue weighted by Crippen LogP contribution is 2.30. The molecule has 7 heteroatoms. The number of amides is 1. The van der Waals surface area contributed by atoms with Crippen molar-refractivity contribution in [3.05, 3.63) is 32.3 Å². The number of nitro benzene ring substituents is 1. The van der Waals surface area contributed by atoms with Crippen LogP contribution in [0, 0.1) is 17.0 Å². The fourth-order valence-electron chi connectivity index (χ4n) is 2.00. The Kier molecular flexibility index (Phi) is 5.17. The van der Waals surface area contributed by atoms with Crippen LogP contribution < -0.4 is 10.6 Å². The van der Waals surface area contributed by atoms with Crippen molar-refractivity contribution in [1.82, 2.24) is 5.32 Å². The highest BCUT2D eigenvalue weighted by molar-refractivity contribution is 9.10. The van der Waals surface area contributed by atoms with Gasteiger partial charge in [0.05, 0.1) is 4.92 Å². The van der Waals surface area contributed by atoms with Crippen LogP contribution in [0.25, 0.3) is 0 Å². The summed E-state index contributed by atoms with van der Waals surface area (Å²) >= 11 is 3.33. The minimum atomic E-state index is -0.397. The number of nitrogens with zero attached hydrogens (tertiary/aromatic N) is 1. The van der Waals surface area contributed by atoms with Gasteiger partial charge in [-0.3, -0.25) is 14.9 Å². The van der Waals surface area contributed by atoms with Crippen LogP contribution >= 0.6 is 15.9 Å². The van der Waals surface area contributed by atoms with Gasteiger partial charge in [0.15, 0.2) is 0 Å². The molecule has 0 heterocycles. The van der Waals surface area contributed by atoms with E-state index in [4.69, 9.17) is 0 Å². The predicted octanol–water partition coefficient (Wildman–Crippen LogP) is 3.14. The summed E-state index contributed by atoms with van der Waals surface area (Å²) in [5.41, 5.74) is 1.51. The molecule has 1 aliphatic rings. The number of carbonyl (C=O) groups excluding carboxylic acids is 1. The number of carbonyl (C=O) groups is 1. The predicted molar refractivity (Wildman–Crippen MR) is 84.4 cm³/mol. The van der Waals surface area contributed by atoms with Gasteiger partial charge in [-0.15, -0.1) is 0 Å². The molecular formula is C14H18BrN3O3. The van der Waals surface area contributed by atoms with E-state index in [1.165, 1.54) is 6.07 Å². The zero-order valence-corrected chi connectivity index (χ0v) is 13.4. The second-order valence-corrected chi connectivity index (χ2v) is 6.10. The van der Waals surface area contributed by atoms with E-state index in [2.05, 4.69) is 26.6 Å². The molecule has 1 amide bonds. The molecule has 6 nitrogen and oxygen atoms in total. The van der Waals surface area contributed by atoms with Gasteiger partial charge in [-0.05, 0) is 48.2 Å². The lowest BCUT2D eigenvalue weighted by Crippen LogP contribution is -2.25. The lowest BCUT2D eigenvalue weighted by molar-refractivity contribution is -0.385. The van der Waals surface area contributed by atoms with Crippen LogP contribution in [-0.4, -0.2) is 23.4 Å². The molecule has 21 heavy (non-hydrogen) atoms. The van der Waals surface area contributed by atoms with E-state index in [9.17, 15) is 14.9 Å². The first kappa shape index (κ1) is 15.8. The Labute approximate surface area is 131 Å². The molecule has 1 saturated carbocycles. The fraction of sp³-hybridized carbons (Fsp3) is 0.500. The van der Waals surface area contributed by atoms with Crippen LogP contribution in [0.3, 0.4) is 0 Å². The summed E-state index contributed by atoms with van der Waals surface area (Å²) in [4.78, 5) is 22.0. The van der Waals surface area contributed by atoms with Crippen molar-refractivity contribution in [3.8, 4) is 0 Å². The van der Waals surface area contributed by atoms with E-state index in [1.807, 2.05) is 0 Å². The Balaban J connectivity index is 1.81. The summed E-state index contributed by atoms with van der Waals surface area (Å²) in [5, 5.41) is 17.0. The van der Waals surface area contributed by atoms with Crippen molar-refractivity contribution in [1.29, 1.82) is 0 Å². The molecule has 2 N–H and O–H groups in total. The molecule has 0 spiro atoms. The second-order valence-electron chi connectivity index (χ2n) is 5.25. The van der Waals surface area contributed by atoms with Gasteiger partial charge in [0.25, 0.3) is 5.69 Å². The largest absolute Gasteiger partial charge is 0.384 e. The standard InChI is InChI=1S/C14H18BrN3O3/c1-9-7-12(11(15)8-13(9)18(20)21)16-6-2-3-14(19)17-10-4-5-10/h7-8,10,16H,2-6H2,1H3,(H,17,19). The van der Waals surface area contributed by atoms with Gasteiger partial charge in [-0.1, -0.05) is 0 Å². The summed E-state index contributed by atoms with van der Waals surface area (Å²) < 4.78 is 0.655. The van der Waals surface area contributed by atoms with Gasteiger partial charge in [0.1, 0.15) is 0 Å². The molecule has 2 rings (SSSR count). The molecule has 1 aliphatic carbocycles. The summed E-state index contributed by atoms with van der Waals surface area (Å²) in [6.45, 7) is 2.35. The summed E-state index contributed by atoms with van der Waals surface area (Å²) in [6, 6.07) is 3.64. The van der Waals surface area contributed by atoms with Crippen LogP contribution in [0.1, 0.15) is 31.2 Å². The topological polar surface area (TPSA) is 84.3 Å². The molecule has 0 saturated heterocycles. The third-order valence-corrected chi connectivity index (χ3v) is 3.98. The zero-order chi connectivity index (χ0) is 15.4. The first-order valence-electron chi connectivity index (χ1n) is 6.95. The molecule has 0 radical (unpaired) electrons. The molecule has 1 aromatic carbocycles. The normalized spacial score (nSPS) is 13.8. The first-order chi connectivity index (χ1) is 9.97. The van der Waals surface area contributed by atoms with Crippen LogP contribution in [-0.2, 0) is 4.79 Å². The maximum atomic E-state index is 11.5. The van der Waals surface area contributed by atoms with Gasteiger partial charge >= 0.3 is 0 Å². The smallest absolute Gasteiger partial charge is 0.273 e. The van der Waals surface area contributed by atoms with Crippen LogP contribution in [0.15, 0.2) is 16.6 Å². The van der Waals surface area contributed by atoms with Crippen LogP contribution in [0.4, 0.5) is 11.4 Å². The van der Waals surface area contributed by atoms with E-state index in [1.54, 1.807) is 13.0 Å². The maximum absolute atomic E-state index is 11.5. The van der Waals surface area contributed by atoms with Gasteiger partial charge in [0.2, 0.25) is 5.91 Å². The Bertz CT molecular complexity index is 559. The van der Waals surface area contributed by atoms with Crippen molar-refractivity contribution in [2.24, 2.45) is 0 Å². The van der Waals surface area contributed by atoms with Crippen molar-refractivity contribution >= 4 is 33.2 Å². The van der Waals surface area contributed by atoms with E-state index >= 15 is 0 Å². The summed E-state index contributed by atoms with van der Waals surface area (Å²) in [5.74, 6) is 0.0956. The van der Waals surface area contributed by atoms with E-state index in [0.717, 1.165) is 24.9 Å². The number of hydrogen-bond donors (Lipinski definition) is 2. The van der Waals surface area contributed by atoms with E-state index in [0.29, 0.717) is 29.0 Å². The van der Waals surface area contributed by atoms with Crippen LogP contribution in [0.5, 0.6) is 0 Å². The molecule has 0 bridgehead atoms. The van der Waals surface area contributed by atoms with Gasteiger partial charge in [-0.2, -0.15) is 0 Å². The average molecular weight is 356 g/mol. The number of nitro groups is 1. The molecule has 1 fully saturated rings. The Hall–Kier alpha value is -1.63. The summed E-state index contributed by atoms with van der Waals surface area (Å²) in [7, 11) is 0. The SMILES string of the molecule is Cc1cc(NCCCC(=O)NC2CC2)c(Br)cc1[N+](=O)[O-]. The lowest BCUT2D eigenvalue weighted by Gasteiger charge is -2.10. The molecular weight excluding hydrogens is 338 g/mol. The Morgan fingerprint density at radius 3 is 2.81 bits per heavy atom. The highest BCUT2D eigenvalue weighted by Gasteiger charge is 2.22. The molecule has 0 aliphatic heterocycles. The quantitative estimate of drug-likeness (QED) is 0.447. The first-order valence-corrected chi connectivity index (χ1v) is 7.74. The Morgan fingerprint density at radius 2 is 2.19 bits per heavy atom. The average Bonchev–Trinajstić information content (AvgIpc) is 3.21. The van der Waals surface area contributed by atoms with E-state index < -0.39 is 4.92 Å². The van der Waals surface area contributed by atoms with Crippen molar-refractivity contribution < 1.29 is 9.72 Å². The number of anilines is 1. The minimum absolute atomic E-state index is 0.0937. The zero-order valence-electron chi connectivity index (χ0n) is 11.8. The maximum Gasteiger partial charge on any atom is 0.273 e. The third-order valence-electron chi connectivity index (χ3n) is 3.32. The number of rotatable bonds is 7. The minimum Gasteiger partial charge on any atom is -0.384 e. The third kappa shape index (κ3) is 4.70. The number of halogens is 1.